The van der Waals surface area contributed by atoms with Gasteiger partial charge < -0.3 is 26.0 Å². The number of carbonyl (C=O) groups is 3. The number of nitrogens with two attached hydrogens (primary N) is 1. The summed E-state index contributed by atoms with van der Waals surface area (Å²) in [7, 11) is 0. The Kier molecular flexibility index (Phi) is 6.77. The van der Waals surface area contributed by atoms with Crippen molar-refractivity contribution in [2.45, 2.75) is 44.6 Å². The van der Waals surface area contributed by atoms with Crippen molar-refractivity contribution >= 4 is 40.2 Å². The summed E-state index contributed by atoms with van der Waals surface area (Å²) in [4.78, 5) is 39.7. The number of halogens is 3. The van der Waals surface area contributed by atoms with Gasteiger partial charge in [0.05, 0.1) is 11.2 Å². The van der Waals surface area contributed by atoms with Gasteiger partial charge in [-0.2, -0.15) is 0 Å². The summed E-state index contributed by atoms with van der Waals surface area (Å²) in [6.45, 7) is 1.89. The number of primary amides is 1. The minimum atomic E-state index is -4.87. The Morgan fingerprint density at radius 3 is 2.53 bits per heavy atom. The second kappa shape index (κ2) is 9.80. The van der Waals surface area contributed by atoms with Crippen LogP contribution in [0.4, 0.5) is 34.1 Å². The van der Waals surface area contributed by atoms with Gasteiger partial charge in [0.1, 0.15) is 11.8 Å². The Morgan fingerprint density at radius 1 is 1.08 bits per heavy atom. The fourth-order valence-corrected chi connectivity index (χ4v) is 4.49. The molecular formula is C24H24F3N5O4. The van der Waals surface area contributed by atoms with Gasteiger partial charge in [-0.05, 0) is 37.5 Å². The lowest BCUT2D eigenvalue weighted by molar-refractivity contribution is -0.274. The van der Waals surface area contributed by atoms with Crippen LogP contribution in [0, 0.1) is 0 Å². The maximum absolute atomic E-state index is 13.3. The van der Waals surface area contributed by atoms with Crippen LogP contribution in [0.2, 0.25) is 0 Å². The fraction of sp³-hybridized carbons (Fsp3) is 0.292. The standard InChI is InChI=1S/C24H24F3N5O4/c1-2-15-10-11-20(21(33)29-14-6-5-7-16(12-14)36-24(25,26)27)32(15)23(35)30-18-13-31(22(28)34)19-9-4-3-8-17(18)19/h3-9,12-13,15,20H,2,10-11H2,1H3,(H2,28,34)(H,29,33)(H,30,35)/t15-,20+/m1/s1. The van der Waals surface area contributed by atoms with Crippen LogP contribution < -0.4 is 21.1 Å². The first-order valence-electron chi connectivity index (χ1n) is 11.2. The minimum Gasteiger partial charge on any atom is -0.406 e. The number of para-hydroxylation sites is 1. The number of hydrogen-bond acceptors (Lipinski definition) is 4. The highest BCUT2D eigenvalue weighted by molar-refractivity contribution is 6.06. The van der Waals surface area contributed by atoms with E-state index in [2.05, 4.69) is 15.4 Å². The quantitative estimate of drug-likeness (QED) is 0.460. The number of alkyl halides is 3. The van der Waals surface area contributed by atoms with Crippen LogP contribution in [0.1, 0.15) is 26.2 Å². The van der Waals surface area contributed by atoms with Gasteiger partial charge in [0.2, 0.25) is 5.91 Å². The van der Waals surface area contributed by atoms with Crippen molar-refractivity contribution in [2.24, 2.45) is 5.73 Å². The van der Waals surface area contributed by atoms with Crippen molar-refractivity contribution in [1.82, 2.24) is 9.47 Å². The number of aromatic nitrogens is 1. The van der Waals surface area contributed by atoms with Gasteiger partial charge in [0, 0.05) is 29.4 Å². The molecule has 4 amide bonds. The van der Waals surface area contributed by atoms with Crippen molar-refractivity contribution in [2.75, 3.05) is 10.6 Å². The molecule has 2 aromatic carbocycles. The molecule has 2 heterocycles. The van der Waals surface area contributed by atoms with Crippen molar-refractivity contribution < 1.29 is 32.3 Å². The van der Waals surface area contributed by atoms with Crippen LogP contribution >= 0.6 is 0 Å². The minimum absolute atomic E-state index is 0.103. The highest BCUT2D eigenvalue weighted by Gasteiger charge is 2.40. The highest BCUT2D eigenvalue weighted by atomic mass is 19.4. The third-order valence-electron chi connectivity index (χ3n) is 6.04. The average Bonchev–Trinajstić information content (AvgIpc) is 3.40. The number of anilines is 2. The molecule has 3 aromatic rings. The van der Waals surface area contributed by atoms with Crippen LogP contribution in [0.5, 0.6) is 5.75 Å². The molecule has 12 heteroatoms. The van der Waals surface area contributed by atoms with Crippen LogP contribution in [0.3, 0.4) is 0 Å². The van der Waals surface area contributed by atoms with E-state index < -0.39 is 36.1 Å². The van der Waals surface area contributed by atoms with Crippen LogP contribution in [0.15, 0.2) is 54.7 Å². The monoisotopic (exact) mass is 503 g/mol. The summed E-state index contributed by atoms with van der Waals surface area (Å²) in [5, 5.41) is 5.96. The van der Waals surface area contributed by atoms with Crippen molar-refractivity contribution in [3.05, 3.63) is 54.7 Å². The summed E-state index contributed by atoms with van der Waals surface area (Å²) in [5.74, 6) is -1.01. The Morgan fingerprint density at radius 2 is 1.83 bits per heavy atom. The molecule has 2 atom stereocenters. The summed E-state index contributed by atoms with van der Waals surface area (Å²) in [5.41, 5.74) is 6.42. The van der Waals surface area contributed by atoms with E-state index in [0.717, 1.165) is 12.1 Å². The van der Waals surface area contributed by atoms with Gasteiger partial charge in [-0.1, -0.05) is 31.2 Å². The molecule has 1 aliphatic heterocycles. The molecule has 1 fully saturated rings. The largest absolute Gasteiger partial charge is 0.573 e. The number of hydrogen-bond donors (Lipinski definition) is 3. The second-order valence-corrected chi connectivity index (χ2v) is 8.33. The average molecular weight is 503 g/mol. The predicted octanol–water partition coefficient (Wildman–Crippen LogP) is 4.88. The van der Waals surface area contributed by atoms with E-state index >= 15 is 0 Å². The van der Waals surface area contributed by atoms with Crippen LogP contribution in [-0.4, -0.2) is 45.9 Å². The first-order chi connectivity index (χ1) is 17.1. The lowest BCUT2D eigenvalue weighted by Gasteiger charge is -2.29. The number of nitrogens with zero attached hydrogens (tertiary/aromatic N) is 2. The fourth-order valence-electron chi connectivity index (χ4n) is 4.49. The van der Waals surface area contributed by atoms with Crippen molar-refractivity contribution in [3.8, 4) is 5.75 Å². The lowest BCUT2D eigenvalue weighted by Crippen LogP contribution is -2.48. The van der Waals surface area contributed by atoms with E-state index in [4.69, 9.17) is 5.73 Å². The van der Waals surface area contributed by atoms with Crippen molar-refractivity contribution in [1.29, 1.82) is 0 Å². The van der Waals surface area contributed by atoms with Gasteiger partial charge >= 0.3 is 18.4 Å². The van der Waals surface area contributed by atoms with Gasteiger partial charge in [-0.3, -0.25) is 9.36 Å². The molecule has 9 nitrogen and oxygen atoms in total. The molecular weight excluding hydrogens is 479 g/mol. The van der Waals surface area contributed by atoms with Gasteiger partial charge in [-0.15, -0.1) is 13.2 Å². The molecule has 0 radical (unpaired) electrons. The molecule has 0 unspecified atom stereocenters. The number of urea groups is 1. The number of rotatable bonds is 5. The molecule has 190 valence electrons. The molecule has 0 aliphatic carbocycles. The third-order valence-corrected chi connectivity index (χ3v) is 6.04. The zero-order chi connectivity index (χ0) is 26.0. The SMILES string of the molecule is CC[C@@H]1CC[C@@H](C(=O)Nc2cccc(OC(F)(F)F)c2)N1C(=O)Nc1cn(C(N)=O)c2ccccc12. The van der Waals surface area contributed by atoms with Gasteiger partial charge in [-0.25, -0.2) is 9.59 Å². The Labute approximate surface area is 204 Å². The zero-order valence-electron chi connectivity index (χ0n) is 19.2. The normalized spacial score (nSPS) is 17.7. The topological polar surface area (TPSA) is 119 Å². The molecule has 0 bridgehead atoms. The van der Waals surface area contributed by atoms with Crippen LogP contribution in [0.25, 0.3) is 10.9 Å². The number of amides is 4. The summed E-state index contributed by atoms with van der Waals surface area (Å²) in [6, 6.07) is 9.48. The number of benzene rings is 2. The van der Waals surface area contributed by atoms with Crippen LogP contribution in [-0.2, 0) is 4.79 Å². The third kappa shape index (κ3) is 5.21. The molecule has 36 heavy (non-hydrogen) atoms. The maximum Gasteiger partial charge on any atom is 0.573 e. The Hall–Kier alpha value is -4.22. The smallest absolute Gasteiger partial charge is 0.406 e. The molecule has 1 saturated heterocycles. The summed E-state index contributed by atoms with van der Waals surface area (Å²) < 4.78 is 42.7. The second-order valence-electron chi connectivity index (χ2n) is 8.33. The molecule has 0 saturated carbocycles. The zero-order valence-corrected chi connectivity index (χ0v) is 19.2. The van der Waals surface area contributed by atoms with E-state index in [-0.39, 0.29) is 11.7 Å². The van der Waals surface area contributed by atoms with E-state index in [1.54, 1.807) is 24.3 Å². The molecule has 4 N–H and O–H groups in total. The maximum atomic E-state index is 13.3. The van der Waals surface area contributed by atoms with E-state index in [1.807, 2.05) is 6.92 Å². The first-order valence-corrected chi connectivity index (χ1v) is 11.2. The highest BCUT2D eigenvalue weighted by Crippen LogP contribution is 2.31. The first kappa shape index (κ1) is 24.9. The number of carbonyl (C=O) groups excluding carboxylic acids is 3. The molecule has 1 aliphatic rings. The predicted molar refractivity (Wildman–Crippen MR) is 127 cm³/mol. The Balaban J connectivity index is 1.54. The van der Waals surface area contributed by atoms with E-state index in [0.29, 0.717) is 35.9 Å². The number of likely N-dealkylation sites (tertiary alicyclic amines) is 1. The van der Waals surface area contributed by atoms with E-state index in [1.165, 1.54) is 27.8 Å². The molecule has 1 aromatic heterocycles. The number of nitrogens with one attached hydrogen (secondary N) is 2. The molecule has 0 spiro atoms. The summed E-state index contributed by atoms with van der Waals surface area (Å²) >= 11 is 0. The van der Waals surface area contributed by atoms with Gasteiger partial charge in [0.25, 0.3) is 0 Å². The number of fused-ring (bicyclic) bond motifs is 1. The number of ether oxygens (including phenoxy) is 1. The lowest BCUT2D eigenvalue weighted by atomic mass is 10.1. The summed E-state index contributed by atoms with van der Waals surface area (Å²) in [6.07, 6.45) is -1.91. The van der Waals surface area contributed by atoms with Crippen molar-refractivity contribution in [3.63, 3.8) is 0 Å². The van der Waals surface area contributed by atoms with Gasteiger partial charge in [0.15, 0.2) is 0 Å². The van der Waals surface area contributed by atoms with E-state index in [9.17, 15) is 27.6 Å². The Bertz CT molecular complexity index is 1310. The molecule has 4 rings (SSSR count).